The topological polar surface area (TPSA) is 132 Å². The van der Waals surface area contributed by atoms with Gasteiger partial charge in [-0.25, -0.2) is 8.42 Å². The Kier molecular flexibility index (Phi) is 7.06. The average Bonchev–Trinajstić information content (AvgIpc) is 3.02. The second-order valence-electron chi connectivity index (χ2n) is 7.50. The normalized spacial score (nSPS) is 13.5. The van der Waals surface area contributed by atoms with E-state index in [-0.39, 0.29) is 32.6 Å². The smallest absolute Gasteiger partial charge is 0.262 e. The molecule has 0 saturated heterocycles. The molecule has 0 aliphatic carbocycles. The first kappa shape index (κ1) is 24.0. The van der Waals surface area contributed by atoms with Crippen LogP contribution in [0.4, 0.5) is 5.82 Å². The summed E-state index contributed by atoms with van der Waals surface area (Å²) in [5.41, 5.74) is 5.10. The number of carbonyl (C=O) groups excluding carboxylic acids is 2. The first-order chi connectivity index (χ1) is 15.1. The molecule has 0 atom stereocenters. The van der Waals surface area contributed by atoms with E-state index in [1.807, 2.05) is 13.8 Å². The van der Waals surface area contributed by atoms with E-state index >= 15 is 0 Å². The van der Waals surface area contributed by atoms with Crippen molar-refractivity contribution >= 4 is 39.3 Å². The molecule has 1 aromatic heterocycles. The van der Waals surface area contributed by atoms with Crippen LogP contribution in [0.3, 0.4) is 0 Å². The van der Waals surface area contributed by atoms with Crippen molar-refractivity contribution < 1.29 is 18.0 Å². The minimum Gasteiger partial charge on any atom is -0.384 e. The maximum Gasteiger partial charge on any atom is 0.262 e. The molecule has 3 rings (SSSR count). The van der Waals surface area contributed by atoms with E-state index in [1.165, 1.54) is 22.5 Å². The third kappa shape index (κ3) is 4.30. The number of nitrogens with zero attached hydrogens (tertiary/aromatic N) is 2. The van der Waals surface area contributed by atoms with E-state index < -0.39 is 27.4 Å². The van der Waals surface area contributed by atoms with Crippen molar-refractivity contribution in [2.45, 2.75) is 44.4 Å². The van der Waals surface area contributed by atoms with Gasteiger partial charge >= 0.3 is 0 Å². The van der Waals surface area contributed by atoms with Gasteiger partial charge in [0.15, 0.2) is 0 Å². The van der Waals surface area contributed by atoms with Gasteiger partial charge in [-0.15, -0.1) is 0 Å². The highest BCUT2D eigenvalue weighted by Crippen LogP contribution is 2.29. The third-order valence-corrected chi connectivity index (χ3v) is 7.49. The van der Waals surface area contributed by atoms with Gasteiger partial charge in [0.2, 0.25) is 10.0 Å². The molecule has 0 unspecified atom stereocenters. The van der Waals surface area contributed by atoms with E-state index in [2.05, 4.69) is 5.32 Å². The highest BCUT2D eigenvalue weighted by molar-refractivity contribution is 7.89. The molecule has 1 aromatic carbocycles. The lowest BCUT2D eigenvalue weighted by atomic mass is 10.1. The van der Waals surface area contributed by atoms with Crippen LogP contribution in [0.25, 0.3) is 5.69 Å². The fraction of sp³-hybridized carbons (Fsp3) is 0.381. The number of unbranched alkanes of at least 4 members (excludes halogenated alkanes) is 2. The molecule has 0 radical (unpaired) electrons. The van der Waals surface area contributed by atoms with Crippen LogP contribution in [0.1, 0.15) is 60.2 Å². The predicted octanol–water partition coefficient (Wildman–Crippen LogP) is 2.55. The minimum atomic E-state index is -3.86. The summed E-state index contributed by atoms with van der Waals surface area (Å²) in [6.45, 7) is 4.71. The maximum absolute atomic E-state index is 13.3. The molecule has 1 aliphatic heterocycles. The molecule has 32 heavy (non-hydrogen) atoms. The fourth-order valence-corrected chi connectivity index (χ4v) is 5.26. The molecule has 11 heteroatoms. The van der Waals surface area contributed by atoms with Crippen molar-refractivity contribution in [1.29, 1.82) is 0 Å². The predicted molar refractivity (Wildman–Crippen MR) is 122 cm³/mol. The van der Waals surface area contributed by atoms with E-state index in [0.717, 1.165) is 23.5 Å². The molecule has 2 heterocycles. The van der Waals surface area contributed by atoms with Gasteiger partial charge in [0, 0.05) is 19.2 Å². The monoisotopic (exact) mass is 480 g/mol. The number of nitrogen functional groups attached to an aromatic ring is 1. The number of fused-ring (bicyclic) bond motifs is 1. The SMILES string of the molecule is CCCCN(CCCC)S(=O)(=O)c1ccc(Cl)c(-n2c(N)c3c(cc2=O)C(=O)NC3=O)c1. The van der Waals surface area contributed by atoms with Crippen molar-refractivity contribution in [1.82, 2.24) is 14.2 Å². The lowest BCUT2D eigenvalue weighted by Gasteiger charge is -2.23. The summed E-state index contributed by atoms with van der Waals surface area (Å²) in [5, 5.41) is 2.15. The Labute approximate surface area is 191 Å². The molecule has 3 N–H and O–H groups in total. The molecular formula is C21H25ClN4O5S. The highest BCUT2D eigenvalue weighted by Gasteiger charge is 2.32. The number of amides is 2. The van der Waals surface area contributed by atoms with E-state index in [4.69, 9.17) is 17.3 Å². The maximum atomic E-state index is 13.3. The molecule has 0 bridgehead atoms. The number of benzene rings is 1. The summed E-state index contributed by atoms with van der Waals surface area (Å²) in [7, 11) is -3.86. The summed E-state index contributed by atoms with van der Waals surface area (Å²) < 4.78 is 29.1. The van der Waals surface area contributed by atoms with Gasteiger partial charge in [0.1, 0.15) is 5.82 Å². The van der Waals surface area contributed by atoms with Gasteiger partial charge in [-0.05, 0) is 31.0 Å². The number of hydrogen-bond donors (Lipinski definition) is 2. The standard InChI is InChI=1S/C21H25ClN4O5S/c1-3-5-9-25(10-6-4-2)32(30,31)13-7-8-15(22)16(11-13)26-17(27)12-14-18(19(26)23)21(29)24-20(14)28/h7-8,11-12H,3-6,9-10,23H2,1-2H3,(H,24,28,29). The van der Waals surface area contributed by atoms with Crippen LogP contribution in [0.15, 0.2) is 34.0 Å². The quantitative estimate of drug-likeness (QED) is 0.530. The second-order valence-corrected chi connectivity index (χ2v) is 9.84. The van der Waals surface area contributed by atoms with Gasteiger partial charge in [0.25, 0.3) is 17.4 Å². The van der Waals surface area contributed by atoms with E-state index in [1.54, 1.807) is 0 Å². The zero-order chi connectivity index (χ0) is 23.6. The molecule has 2 aromatic rings. The summed E-state index contributed by atoms with van der Waals surface area (Å²) in [6, 6.07) is 4.99. The van der Waals surface area contributed by atoms with Gasteiger partial charge in [-0.2, -0.15) is 4.31 Å². The van der Waals surface area contributed by atoms with Crippen molar-refractivity contribution in [3.8, 4) is 5.69 Å². The van der Waals surface area contributed by atoms with Gasteiger partial charge in [0.05, 0.1) is 26.7 Å². The van der Waals surface area contributed by atoms with Gasteiger partial charge in [-0.1, -0.05) is 38.3 Å². The van der Waals surface area contributed by atoms with Crippen LogP contribution >= 0.6 is 11.6 Å². The molecule has 172 valence electrons. The van der Waals surface area contributed by atoms with Crippen molar-refractivity contribution in [2.24, 2.45) is 0 Å². The lowest BCUT2D eigenvalue weighted by molar-refractivity contribution is 0.0880. The van der Waals surface area contributed by atoms with E-state index in [9.17, 15) is 22.8 Å². The van der Waals surface area contributed by atoms with E-state index in [0.29, 0.717) is 25.9 Å². The minimum absolute atomic E-state index is 0.0103. The van der Waals surface area contributed by atoms with Crippen LogP contribution in [-0.2, 0) is 10.0 Å². The second kappa shape index (κ2) is 9.43. The highest BCUT2D eigenvalue weighted by atomic mass is 35.5. The summed E-state index contributed by atoms with van der Waals surface area (Å²) in [5.74, 6) is -1.74. The lowest BCUT2D eigenvalue weighted by Crippen LogP contribution is -2.33. The number of imide groups is 1. The van der Waals surface area contributed by atoms with Gasteiger partial charge < -0.3 is 5.73 Å². The number of aromatic nitrogens is 1. The number of halogens is 1. The molecule has 0 saturated carbocycles. The Morgan fingerprint density at radius 3 is 2.25 bits per heavy atom. The number of nitrogens with two attached hydrogens (primary N) is 1. The number of rotatable bonds is 9. The summed E-state index contributed by atoms with van der Waals surface area (Å²) in [4.78, 5) is 36.7. The van der Waals surface area contributed by atoms with Crippen LogP contribution in [-0.4, -0.2) is 42.2 Å². The van der Waals surface area contributed by atoms with Crippen molar-refractivity contribution in [3.05, 3.63) is 50.8 Å². The van der Waals surface area contributed by atoms with Crippen molar-refractivity contribution in [2.75, 3.05) is 18.8 Å². The Morgan fingerprint density at radius 2 is 1.66 bits per heavy atom. The van der Waals surface area contributed by atoms with Crippen LogP contribution in [0.2, 0.25) is 5.02 Å². The van der Waals surface area contributed by atoms with Gasteiger partial charge in [-0.3, -0.25) is 24.3 Å². The number of carbonyl (C=O) groups is 2. The molecule has 2 amide bonds. The Hall–Kier alpha value is -2.69. The third-order valence-electron chi connectivity index (χ3n) is 5.27. The average molecular weight is 481 g/mol. The van der Waals surface area contributed by atoms with Crippen LogP contribution in [0.5, 0.6) is 0 Å². The number of pyridine rings is 1. The Morgan fingerprint density at radius 1 is 1.03 bits per heavy atom. The molecule has 0 spiro atoms. The number of sulfonamides is 1. The number of hydrogen-bond acceptors (Lipinski definition) is 6. The molecule has 0 fully saturated rings. The number of anilines is 1. The fourth-order valence-electron chi connectivity index (χ4n) is 3.52. The Bertz CT molecular complexity index is 1230. The molecule has 9 nitrogen and oxygen atoms in total. The summed E-state index contributed by atoms with van der Waals surface area (Å²) >= 11 is 6.30. The zero-order valence-corrected chi connectivity index (χ0v) is 19.4. The number of nitrogens with one attached hydrogen (secondary N) is 1. The van der Waals surface area contributed by atoms with Crippen molar-refractivity contribution in [3.63, 3.8) is 0 Å². The first-order valence-electron chi connectivity index (χ1n) is 10.3. The largest absolute Gasteiger partial charge is 0.384 e. The summed E-state index contributed by atoms with van der Waals surface area (Å²) in [6.07, 6.45) is 3.10. The molecular weight excluding hydrogens is 456 g/mol. The van der Waals surface area contributed by atoms with Crippen LogP contribution in [0, 0.1) is 0 Å². The molecule has 1 aliphatic rings. The Balaban J connectivity index is 2.15. The zero-order valence-electron chi connectivity index (χ0n) is 17.9. The van der Waals surface area contributed by atoms with Crippen LogP contribution < -0.4 is 16.6 Å². The first-order valence-corrected chi connectivity index (χ1v) is 12.2.